The summed E-state index contributed by atoms with van der Waals surface area (Å²) in [4.78, 5) is 27.5. The highest BCUT2D eigenvalue weighted by Gasteiger charge is 2.34. The number of rotatable bonds is 8. The maximum atomic E-state index is 13.8. The number of benzene rings is 3. The Morgan fingerprint density at radius 3 is 1.93 bits per heavy atom. The van der Waals surface area contributed by atoms with Crippen molar-refractivity contribution in [2.75, 3.05) is 6.61 Å². The molecular weight excluding hydrogens is 636 g/mol. The van der Waals surface area contributed by atoms with E-state index in [1.807, 2.05) is 42.5 Å². The molecule has 0 saturated carbocycles. The van der Waals surface area contributed by atoms with Crippen LogP contribution in [0.1, 0.15) is 35.1 Å². The highest BCUT2D eigenvalue weighted by Crippen LogP contribution is 2.44. The zero-order valence-corrected chi connectivity index (χ0v) is 27.6. The van der Waals surface area contributed by atoms with Gasteiger partial charge in [-0.2, -0.15) is 0 Å². The molecule has 0 aliphatic carbocycles. The first-order valence-corrected chi connectivity index (χ1v) is 15.1. The van der Waals surface area contributed by atoms with E-state index in [1.165, 1.54) is 52.5 Å². The van der Waals surface area contributed by atoms with E-state index in [2.05, 4.69) is 0 Å². The summed E-state index contributed by atoms with van der Waals surface area (Å²) in [6.07, 6.45) is 0. The van der Waals surface area contributed by atoms with Crippen LogP contribution in [0.25, 0.3) is 10.8 Å². The van der Waals surface area contributed by atoms with Gasteiger partial charge in [-0.05, 0) is 65.4 Å². The Kier molecular flexibility index (Phi) is 8.92. The van der Waals surface area contributed by atoms with Gasteiger partial charge in [-0.1, -0.05) is 54.1 Å². The second kappa shape index (κ2) is 12.5. The minimum absolute atomic E-state index is 0.0498. The molecule has 0 spiro atoms. The van der Waals surface area contributed by atoms with Gasteiger partial charge in [0.15, 0.2) is 21.0 Å². The Morgan fingerprint density at radius 1 is 0.800 bits per heavy atom. The standard InChI is InChI=1S/C32H31ClN4O6S2/c1-6-42-22-15-19(14-21(33)26(22)43-16-18-12-9-11-17-10-7-8-13-20(17)18)23(24-27(38)34(2)31(44)35(3)28(24)39)25-29(40)36(4)32(45)37(5)30(25)41/h7-15,23,38,40H,6,16H2,1-5H3. The maximum Gasteiger partial charge on any atom is 0.262 e. The largest absolute Gasteiger partial charge is 0.494 e. The van der Waals surface area contributed by atoms with Gasteiger partial charge < -0.3 is 19.7 Å². The van der Waals surface area contributed by atoms with Gasteiger partial charge in [0.2, 0.25) is 11.8 Å². The first-order chi connectivity index (χ1) is 21.4. The van der Waals surface area contributed by atoms with Crippen LogP contribution in [0.3, 0.4) is 0 Å². The molecule has 234 valence electrons. The van der Waals surface area contributed by atoms with Crippen LogP contribution in [-0.4, -0.2) is 35.1 Å². The van der Waals surface area contributed by atoms with Crippen LogP contribution >= 0.6 is 36.0 Å². The summed E-state index contributed by atoms with van der Waals surface area (Å²) in [6, 6.07) is 17.0. The summed E-state index contributed by atoms with van der Waals surface area (Å²) in [7, 11) is 5.89. The first-order valence-electron chi connectivity index (χ1n) is 13.9. The molecule has 0 bridgehead atoms. The number of ether oxygens (including phenoxy) is 2. The molecule has 0 aliphatic rings. The smallest absolute Gasteiger partial charge is 0.262 e. The minimum atomic E-state index is -1.32. The highest BCUT2D eigenvalue weighted by molar-refractivity contribution is 7.71. The fourth-order valence-corrected chi connectivity index (χ4v) is 6.04. The average molecular weight is 667 g/mol. The SMILES string of the molecule is CCOc1cc(C(c2c(O)n(C)c(=S)n(C)c2=O)c2c(O)n(C)c(=S)n(C)c2=O)cc(Cl)c1OCc1cccc2ccccc12. The van der Waals surface area contributed by atoms with E-state index in [4.69, 9.17) is 45.5 Å². The van der Waals surface area contributed by atoms with Gasteiger partial charge in [-0.3, -0.25) is 27.9 Å². The van der Waals surface area contributed by atoms with Gasteiger partial charge in [0.1, 0.15) is 6.61 Å². The summed E-state index contributed by atoms with van der Waals surface area (Å²) in [5, 5.41) is 24.9. The van der Waals surface area contributed by atoms with Crippen molar-refractivity contribution in [3.05, 3.63) is 112 Å². The molecule has 2 aromatic heterocycles. The molecule has 13 heteroatoms. The van der Waals surface area contributed by atoms with E-state index in [0.29, 0.717) is 0 Å². The van der Waals surface area contributed by atoms with Crippen molar-refractivity contribution in [1.29, 1.82) is 0 Å². The monoisotopic (exact) mass is 666 g/mol. The average Bonchev–Trinajstić information content (AvgIpc) is 3.03. The van der Waals surface area contributed by atoms with Gasteiger partial charge in [0.25, 0.3) is 11.1 Å². The van der Waals surface area contributed by atoms with Gasteiger partial charge >= 0.3 is 0 Å². The van der Waals surface area contributed by atoms with E-state index in [9.17, 15) is 19.8 Å². The molecule has 2 heterocycles. The van der Waals surface area contributed by atoms with Crippen molar-refractivity contribution >= 4 is 46.8 Å². The first kappa shape index (κ1) is 32.0. The van der Waals surface area contributed by atoms with Crippen molar-refractivity contribution in [1.82, 2.24) is 18.3 Å². The highest BCUT2D eigenvalue weighted by atomic mass is 35.5. The molecule has 0 saturated heterocycles. The number of halogens is 1. The molecule has 2 N–H and O–H groups in total. The normalized spacial score (nSPS) is 11.4. The van der Waals surface area contributed by atoms with Crippen molar-refractivity contribution < 1.29 is 19.7 Å². The number of aromatic nitrogens is 4. The molecule has 3 aromatic carbocycles. The van der Waals surface area contributed by atoms with Gasteiger partial charge in [-0.15, -0.1) is 0 Å². The van der Waals surface area contributed by atoms with E-state index in [-0.39, 0.29) is 56.0 Å². The molecular formula is C32H31ClN4O6S2. The van der Waals surface area contributed by atoms with Crippen molar-refractivity contribution in [3.8, 4) is 23.3 Å². The topological polar surface area (TPSA) is 113 Å². The Balaban J connectivity index is 1.76. The molecule has 0 atom stereocenters. The Labute approximate surface area is 273 Å². The third-order valence-corrected chi connectivity index (χ3v) is 9.21. The lowest BCUT2D eigenvalue weighted by Crippen LogP contribution is -2.33. The van der Waals surface area contributed by atoms with Gasteiger partial charge in [0.05, 0.1) is 28.7 Å². The van der Waals surface area contributed by atoms with Crippen molar-refractivity contribution in [3.63, 3.8) is 0 Å². The molecule has 0 aliphatic heterocycles. The number of aromatic hydroxyl groups is 2. The maximum absolute atomic E-state index is 13.8. The molecule has 0 amide bonds. The fraction of sp³-hybridized carbons (Fsp3) is 0.250. The summed E-state index contributed by atoms with van der Waals surface area (Å²) >= 11 is 17.5. The number of nitrogens with zero attached hydrogens (tertiary/aromatic N) is 4. The quantitative estimate of drug-likeness (QED) is 0.206. The molecule has 0 fully saturated rings. The van der Waals surface area contributed by atoms with Crippen LogP contribution in [0, 0.1) is 9.54 Å². The third kappa shape index (κ3) is 5.54. The lowest BCUT2D eigenvalue weighted by atomic mass is 9.86. The minimum Gasteiger partial charge on any atom is -0.494 e. The van der Waals surface area contributed by atoms with Crippen LogP contribution in [0.4, 0.5) is 0 Å². The summed E-state index contributed by atoms with van der Waals surface area (Å²) in [5.74, 6) is -1.79. The lowest BCUT2D eigenvalue weighted by molar-refractivity contribution is 0.270. The number of hydrogen-bond acceptors (Lipinski definition) is 8. The van der Waals surface area contributed by atoms with E-state index in [0.717, 1.165) is 16.3 Å². The van der Waals surface area contributed by atoms with Crippen LogP contribution in [0.2, 0.25) is 5.02 Å². The van der Waals surface area contributed by atoms with Crippen molar-refractivity contribution in [2.45, 2.75) is 19.4 Å². The van der Waals surface area contributed by atoms with Gasteiger partial charge in [0, 0.05) is 28.2 Å². The molecule has 10 nitrogen and oxygen atoms in total. The number of fused-ring (bicyclic) bond motifs is 1. The third-order valence-electron chi connectivity index (χ3n) is 7.83. The van der Waals surface area contributed by atoms with Crippen molar-refractivity contribution in [2.24, 2.45) is 28.2 Å². The number of hydrogen-bond donors (Lipinski definition) is 2. The fourth-order valence-electron chi connectivity index (χ4n) is 5.43. The predicted molar refractivity (Wildman–Crippen MR) is 178 cm³/mol. The van der Waals surface area contributed by atoms with Crippen LogP contribution in [-0.2, 0) is 34.8 Å². The summed E-state index contributed by atoms with van der Waals surface area (Å²) < 4.78 is 17.1. The second-order valence-electron chi connectivity index (χ2n) is 10.5. The lowest BCUT2D eigenvalue weighted by Gasteiger charge is -2.24. The Bertz CT molecular complexity index is 2130. The zero-order valence-electron chi connectivity index (χ0n) is 25.2. The van der Waals surface area contributed by atoms with Crippen LogP contribution < -0.4 is 20.6 Å². The van der Waals surface area contributed by atoms with E-state index in [1.54, 1.807) is 13.0 Å². The molecule has 0 radical (unpaired) electrons. The van der Waals surface area contributed by atoms with E-state index < -0.39 is 28.8 Å². The van der Waals surface area contributed by atoms with Gasteiger partial charge in [-0.25, -0.2) is 0 Å². The predicted octanol–water partition coefficient (Wildman–Crippen LogP) is 5.60. The summed E-state index contributed by atoms with van der Waals surface area (Å²) in [6.45, 7) is 2.22. The van der Waals surface area contributed by atoms with E-state index >= 15 is 0 Å². The Hall–Kier alpha value is -4.39. The summed E-state index contributed by atoms with van der Waals surface area (Å²) in [5.41, 5.74) is -0.546. The molecule has 45 heavy (non-hydrogen) atoms. The second-order valence-corrected chi connectivity index (χ2v) is 11.6. The van der Waals surface area contributed by atoms with Crippen LogP contribution in [0.5, 0.6) is 23.3 Å². The molecule has 5 rings (SSSR count). The zero-order chi connectivity index (χ0) is 32.7. The molecule has 5 aromatic rings. The Morgan fingerprint density at radius 2 is 1.36 bits per heavy atom. The van der Waals surface area contributed by atoms with Crippen LogP contribution in [0.15, 0.2) is 64.2 Å². The molecule has 0 unspecified atom stereocenters.